The highest BCUT2D eigenvalue weighted by Gasteiger charge is 2.23. The topological polar surface area (TPSA) is 99.1 Å². The van der Waals surface area contributed by atoms with Gasteiger partial charge in [-0.3, -0.25) is 5.26 Å². The van der Waals surface area contributed by atoms with Gasteiger partial charge in [0.25, 0.3) is 0 Å². The number of anilines is 1. The molecule has 0 saturated heterocycles. The van der Waals surface area contributed by atoms with Crippen molar-refractivity contribution >= 4 is 23.2 Å². The number of nitrogens with zero attached hydrogens (tertiary/aromatic N) is 4. The van der Waals surface area contributed by atoms with Crippen molar-refractivity contribution in [2.24, 2.45) is 5.92 Å². The molecule has 3 rings (SSSR count). The molecule has 20 heavy (non-hydrogen) atoms. The van der Waals surface area contributed by atoms with Gasteiger partial charge in [0.05, 0.1) is 24.7 Å². The number of hydrogen-bond donors (Lipinski definition) is 2. The minimum absolute atomic E-state index is 0.118. The fourth-order valence-electron chi connectivity index (χ4n) is 2.52. The molecule has 0 bridgehead atoms. The second-order valence-electron chi connectivity index (χ2n) is 4.74. The Balaban J connectivity index is 1.99. The van der Waals surface area contributed by atoms with Gasteiger partial charge in [0, 0.05) is 5.92 Å². The number of nitrogen functional groups attached to an aromatic ring is 1. The maximum Gasteiger partial charge on any atom is 0.222 e. The summed E-state index contributed by atoms with van der Waals surface area (Å²) in [5.41, 5.74) is 7.72. The standard InChI is InChI=1S/C13H15N5O2/c1-2-10-11-12(17-13(14)16-10)18(7-15-11)9-4-3-8(5-9)6-20-19/h2-4,7-9,19H,1,5-6H2,(H2,14,16,17)/t8-,9+/m1/s1. The van der Waals surface area contributed by atoms with E-state index in [4.69, 9.17) is 11.0 Å². The van der Waals surface area contributed by atoms with Crippen LogP contribution in [0.3, 0.4) is 0 Å². The van der Waals surface area contributed by atoms with Gasteiger partial charge in [0.2, 0.25) is 5.95 Å². The highest BCUT2D eigenvalue weighted by Crippen LogP contribution is 2.30. The monoisotopic (exact) mass is 273 g/mol. The summed E-state index contributed by atoms with van der Waals surface area (Å²) in [7, 11) is 0. The molecule has 2 heterocycles. The van der Waals surface area contributed by atoms with Crippen LogP contribution in [-0.2, 0) is 4.89 Å². The van der Waals surface area contributed by atoms with Crippen molar-refractivity contribution in [2.45, 2.75) is 12.5 Å². The molecule has 3 N–H and O–H groups in total. The first-order valence-electron chi connectivity index (χ1n) is 6.30. The van der Waals surface area contributed by atoms with Crippen molar-refractivity contribution in [3.8, 4) is 0 Å². The normalized spacial score (nSPS) is 21.6. The van der Waals surface area contributed by atoms with E-state index in [0.29, 0.717) is 16.9 Å². The Morgan fingerprint density at radius 2 is 2.35 bits per heavy atom. The summed E-state index contributed by atoms with van der Waals surface area (Å²) in [5, 5.41) is 8.52. The fraction of sp³-hybridized carbons (Fsp3) is 0.308. The van der Waals surface area contributed by atoms with E-state index < -0.39 is 0 Å². The van der Waals surface area contributed by atoms with E-state index in [9.17, 15) is 0 Å². The zero-order valence-electron chi connectivity index (χ0n) is 10.8. The summed E-state index contributed by atoms with van der Waals surface area (Å²) in [6, 6.07) is 0.118. The lowest BCUT2D eigenvalue weighted by Crippen LogP contribution is -2.09. The average Bonchev–Trinajstić information content (AvgIpc) is 3.04. The molecular formula is C13H15N5O2. The zero-order chi connectivity index (χ0) is 14.1. The molecule has 0 amide bonds. The number of hydrogen-bond acceptors (Lipinski definition) is 6. The summed E-state index contributed by atoms with van der Waals surface area (Å²) in [4.78, 5) is 16.9. The van der Waals surface area contributed by atoms with Crippen LogP contribution in [0.15, 0.2) is 25.1 Å². The van der Waals surface area contributed by atoms with Gasteiger partial charge in [-0.1, -0.05) is 18.7 Å². The SMILES string of the molecule is C=Cc1nc(N)nc2c1ncn2[C@H]1C=C[C@@H](COO)C1. The third-order valence-electron chi connectivity index (χ3n) is 3.45. The minimum Gasteiger partial charge on any atom is -0.368 e. The van der Waals surface area contributed by atoms with Gasteiger partial charge in [-0.15, -0.1) is 0 Å². The second-order valence-corrected chi connectivity index (χ2v) is 4.74. The van der Waals surface area contributed by atoms with Gasteiger partial charge in [-0.2, -0.15) is 4.98 Å². The van der Waals surface area contributed by atoms with Crippen molar-refractivity contribution in [1.82, 2.24) is 19.5 Å². The van der Waals surface area contributed by atoms with Crippen LogP contribution in [-0.4, -0.2) is 31.4 Å². The molecule has 2 aromatic rings. The van der Waals surface area contributed by atoms with E-state index in [0.717, 1.165) is 6.42 Å². The van der Waals surface area contributed by atoms with Crippen LogP contribution in [0.5, 0.6) is 0 Å². The lowest BCUT2D eigenvalue weighted by atomic mass is 10.1. The molecule has 7 heteroatoms. The Hall–Kier alpha value is -2.25. The molecule has 104 valence electrons. The number of rotatable bonds is 4. The molecule has 0 aromatic carbocycles. The van der Waals surface area contributed by atoms with Gasteiger partial charge in [-0.05, 0) is 12.5 Å². The predicted molar refractivity (Wildman–Crippen MR) is 74.7 cm³/mol. The molecule has 0 fully saturated rings. The van der Waals surface area contributed by atoms with Crippen LogP contribution in [0, 0.1) is 5.92 Å². The number of nitrogens with two attached hydrogens (primary N) is 1. The van der Waals surface area contributed by atoms with Crippen LogP contribution in [0.25, 0.3) is 17.2 Å². The Morgan fingerprint density at radius 3 is 3.10 bits per heavy atom. The van der Waals surface area contributed by atoms with E-state index in [1.807, 2.05) is 10.6 Å². The van der Waals surface area contributed by atoms with Gasteiger partial charge >= 0.3 is 0 Å². The van der Waals surface area contributed by atoms with Crippen molar-refractivity contribution in [1.29, 1.82) is 0 Å². The number of aromatic nitrogens is 4. The summed E-state index contributed by atoms with van der Waals surface area (Å²) >= 11 is 0. The molecule has 0 saturated carbocycles. The maximum absolute atomic E-state index is 8.52. The summed E-state index contributed by atoms with van der Waals surface area (Å²) in [6.07, 6.45) is 8.23. The molecule has 7 nitrogen and oxygen atoms in total. The highest BCUT2D eigenvalue weighted by atomic mass is 17.1. The maximum atomic E-state index is 8.52. The van der Waals surface area contributed by atoms with Crippen molar-refractivity contribution in [2.75, 3.05) is 12.3 Å². The average molecular weight is 273 g/mol. The first-order chi connectivity index (χ1) is 9.72. The van der Waals surface area contributed by atoms with Crippen LogP contribution < -0.4 is 5.73 Å². The smallest absolute Gasteiger partial charge is 0.222 e. The summed E-state index contributed by atoms with van der Waals surface area (Å²) < 4.78 is 1.95. The van der Waals surface area contributed by atoms with E-state index >= 15 is 0 Å². The van der Waals surface area contributed by atoms with Crippen molar-refractivity contribution < 1.29 is 10.1 Å². The quantitative estimate of drug-likeness (QED) is 0.499. The summed E-state index contributed by atoms with van der Waals surface area (Å²) in [6.45, 7) is 4.00. The van der Waals surface area contributed by atoms with Gasteiger partial charge in [0.1, 0.15) is 5.52 Å². The zero-order valence-corrected chi connectivity index (χ0v) is 10.8. The number of allylic oxidation sites excluding steroid dienone is 1. The second kappa shape index (κ2) is 5.03. The molecule has 0 unspecified atom stereocenters. The fourth-order valence-corrected chi connectivity index (χ4v) is 2.52. The predicted octanol–water partition coefficient (Wildman–Crippen LogP) is 1.66. The largest absolute Gasteiger partial charge is 0.368 e. The molecule has 2 aromatic heterocycles. The molecule has 2 atom stereocenters. The van der Waals surface area contributed by atoms with Gasteiger partial charge < -0.3 is 10.3 Å². The molecule has 0 aliphatic heterocycles. The molecule has 0 radical (unpaired) electrons. The van der Waals surface area contributed by atoms with Crippen molar-refractivity contribution in [3.05, 3.63) is 30.8 Å². The molecular weight excluding hydrogens is 258 g/mol. The number of fused-ring (bicyclic) bond motifs is 1. The third kappa shape index (κ3) is 2.06. The van der Waals surface area contributed by atoms with Crippen LogP contribution >= 0.6 is 0 Å². The lowest BCUT2D eigenvalue weighted by Gasteiger charge is -2.13. The molecule has 1 aliphatic carbocycles. The van der Waals surface area contributed by atoms with Crippen LogP contribution in [0.2, 0.25) is 0 Å². The number of imidazole rings is 1. The van der Waals surface area contributed by atoms with Gasteiger partial charge in [-0.25, -0.2) is 14.9 Å². The van der Waals surface area contributed by atoms with Crippen LogP contribution in [0.1, 0.15) is 18.2 Å². The summed E-state index contributed by atoms with van der Waals surface area (Å²) in [5.74, 6) is 0.381. The molecule has 0 spiro atoms. The lowest BCUT2D eigenvalue weighted by molar-refractivity contribution is -0.248. The van der Waals surface area contributed by atoms with E-state index in [2.05, 4.69) is 32.5 Å². The Labute approximate surface area is 115 Å². The van der Waals surface area contributed by atoms with E-state index in [-0.39, 0.29) is 24.5 Å². The van der Waals surface area contributed by atoms with E-state index in [1.165, 1.54) is 0 Å². The third-order valence-corrected chi connectivity index (χ3v) is 3.45. The first-order valence-corrected chi connectivity index (χ1v) is 6.30. The van der Waals surface area contributed by atoms with Crippen LogP contribution in [0.4, 0.5) is 5.95 Å². The van der Waals surface area contributed by atoms with E-state index in [1.54, 1.807) is 12.4 Å². The first kappa shape index (κ1) is 12.8. The van der Waals surface area contributed by atoms with Gasteiger partial charge in [0.15, 0.2) is 5.65 Å². The highest BCUT2D eigenvalue weighted by molar-refractivity contribution is 5.80. The molecule has 1 aliphatic rings. The Morgan fingerprint density at radius 1 is 1.50 bits per heavy atom. The Bertz CT molecular complexity index is 679. The minimum atomic E-state index is 0.118. The Kier molecular flexibility index (Phi) is 3.21. The van der Waals surface area contributed by atoms with Crippen molar-refractivity contribution in [3.63, 3.8) is 0 Å².